The molecule has 0 aliphatic carbocycles. The molecule has 0 saturated carbocycles. The van der Waals surface area contributed by atoms with Crippen molar-refractivity contribution in [3.8, 4) is 0 Å². The molecule has 0 spiro atoms. The molecule has 0 aromatic heterocycles. The van der Waals surface area contributed by atoms with Gasteiger partial charge < -0.3 is 20.3 Å². The van der Waals surface area contributed by atoms with Gasteiger partial charge in [0.05, 0.1) is 25.4 Å². The zero-order valence-electron chi connectivity index (χ0n) is 48.6. The Balaban J connectivity index is 3.40. The van der Waals surface area contributed by atoms with E-state index in [-0.39, 0.29) is 18.5 Å². The number of rotatable bonds is 59. The monoisotopic (exact) mass is 1020 g/mol. The fraction of sp³-hybridized carbons (Fsp3) is 0.821. The zero-order chi connectivity index (χ0) is 52.9. The molecule has 73 heavy (non-hydrogen) atoms. The van der Waals surface area contributed by atoms with Crippen LogP contribution in [0.4, 0.5) is 0 Å². The van der Waals surface area contributed by atoms with E-state index in [0.29, 0.717) is 19.4 Å². The molecule has 2 unspecified atom stereocenters. The molecule has 2 atom stereocenters. The second kappa shape index (κ2) is 62.1. The van der Waals surface area contributed by atoms with Gasteiger partial charge in [0, 0.05) is 12.8 Å². The summed E-state index contributed by atoms with van der Waals surface area (Å²) in [5.41, 5.74) is 0. The SMILES string of the molecule is CCCCC/C=C\C/C=C\CCCCCCCC(=O)OCCCCCCCCCCC/C=C\C/C=C\CCCCCCCCCCCCCCCCCC(=O)NC(CO)C(O)/C=C/CCCCCCCCCC. The van der Waals surface area contributed by atoms with E-state index in [4.69, 9.17) is 4.74 Å². The molecule has 0 radical (unpaired) electrons. The van der Waals surface area contributed by atoms with Gasteiger partial charge in [-0.3, -0.25) is 9.59 Å². The number of nitrogens with one attached hydrogen (secondary N) is 1. The summed E-state index contributed by atoms with van der Waals surface area (Å²) in [6, 6.07) is -0.626. The summed E-state index contributed by atoms with van der Waals surface area (Å²) in [7, 11) is 0. The number of hydrogen-bond acceptors (Lipinski definition) is 5. The van der Waals surface area contributed by atoms with Crippen molar-refractivity contribution in [1.29, 1.82) is 0 Å². The van der Waals surface area contributed by atoms with Crippen LogP contribution in [0.25, 0.3) is 0 Å². The van der Waals surface area contributed by atoms with Crippen LogP contribution in [0.3, 0.4) is 0 Å². The van der Waals surface area contributed by atoms with Crippen LogP contribution in [0.15, 0.2) is 60.8 Å². The van der Waals surface area contributed by atoms with Gasteiger partial charge in [-0.25, -0.2) is 0 Å². The first kappa shape index (κ1) is 70.6. The highest BCUT2D eigenvalue weighted by atomic mass is 16.5. The van der Waals surface area contributed by atoms with E-state index in [1.54, 1.807) is 6.08 Å². The van der Waals surface area contributed by atoms with Crippen molar-refractivity contribution in [2.24, 2.45) is 0 Å². The lowest BCUT2D eigenvalue weighted by atomic mass is 10.0. The van der Waals surface area contributed by atoms with Gasteiger partial charge in [0.25, 0.3) is 0 Å². The molecule has 0 fully saturated rings. The average molecular weight is 1020 g/mol. The predicted octanol–water partition coefficient (Wildman–Crippen LogP) is 20.3. The number of esters is 1. The van der Waals surface area contributed by atoms with Crippen molar-refractivity contribution in [2.45, 2.75) is 341 Å². The summed E-state index contributed by atoms with van der Waals surface area (Å²) in [6.07, 6.45) is 81.4. The molecule has 3 N–H and O–H groups in total. The molecule has 6 heteroatoms. The molecule has 6 nitrogen and oxygen atoms in total. The molecule has 0 heterocycles. The van der Waals surface area contributed by atoms with Gasteiger partial charge in [0.2, 0.25) is 5.91 Å². The molecule has 0 bridgehead atoms. The van der Waals surface area contributed by atoms with Gasteiger partial charge >= 0.3 is 5.97 Å². The molecule has 0 aromatic carbocycles. The van der Waals surface area contributed by atoms with Crippen molar-refractivity contribution in [2.75, 3.05) is 13.2 Å². The van der Waals surface area contributed by atoms with Crippen molar-refractivity contribution in [3.63, 3.8) is 0 Å². The summed E-state index contributed by atoms with van der Waals surface area (Å²) in [4.78, 5) is 24.5. The van der Waals surface area contributed by atoms with E-state index in [9.17, 15) is 19.8 Å². The summed E-state index contributed by atoms with van der Waals surface area (Å²) in [5.74, 6) is -0.0712. The minimum atomic E-state index is -0.843. The van der Waals surface area contributed by atoms with Crippen molar-refractivity contribution in [3.05, 3.63) is 60.8 Å². The Morgan fingerprint density at radius 1 is 0.384 bits per heavy atom. The van der Waals surface area contributed by atoms with E-state index in [2.05, 4.69) is 67.8 Å². The van der Waals surface area contributed by atoms with Crippen LogP contribution >= 0.6 is 0 Å². The van der Waals surface area contributed by atoms with Crippen LogP contribution < -0.4 is 5.32 Å². The fourth-order valence-corrected chi connectivity index (χ4v) is 9.58. The zero-order valence-corrected chi connectivity index (χ0v) is 48.6. The maximum atomic E-state index is 12.4. The number of aliphatic hydroxyl groups is 2. The van der Waals surface area contributed by atoms with E-state index in [1.807, 2.05) is 6.08 Å². The molecular weight excluding hydrogens is 899 g/mol. The van der Waals surface area contributed by atoms with Crippen LogP contribution in [0.5, 0.6) is 0 Å². The lowest BCUT2D eigenvalue weighted by Gasteiger charge is -2.20. The first-order valence-electron chi connectivity index (χ1n) is 32.1. The normalized spacial score (nSPS) is 13.0. The summed E-state index contributed by atoms with van der Waals surface area (Å²) >= 11 is 0. The van der Waals surface area contributed by atoms with Gasteiger partial charge in [0.15, 0.2) is 0 Å². The van der Waals surface area contributed by atoms with Gasteiger partial charge in [-0.1, -0.05) is 280 Å². The highest BCUT2D eigenvalue weighted by Gasteiger charge is 2.18. The lowest BCUT2D eigenvalue weighted by Crippen LogP contribution is -2.45. The molecule has 0 aliphatic heterocycles. The van der Waals surface area contributed by atoms with Crippen molar-refractivity contribution < 1.29 is 24.5 Å². The van der Waals surface area contributed by atoms with E-state index >= 15 is 0 Å². The van der Waals surface area contributed by atoms with Crippen molar-refractivity contribution >= 4 is 11.9 Å². The Morgan fingerprint density at radius 3 is 1.07 bits per heavy atom. The number of hydrogen-bond donors (Lipinski definition) is 3. The number of allylic oxidation sites excluding steroid dienone is 9. The summed E-state index contributed by atoms with van der Waals surface area (Å²) in [6.45, 7) is 4.85. The third kappa shape index (κ3) is 58.7. The Kier molecular flexibility index (Phi) is 60.0. The predicted molar refractivity (Wildman–Crippen MR) is 319 cm³/mol. The van der Waals surface area contributed by atoms with Gasteiger partial charge in [-0.15, -0.1) is 0 Å². The Bertz CT molecular complexity index is 1270. The minimum Gasteiger partial charge on any atom is -0.466 e. The largest absolute Gasteiger partial charge is 0.466 e. The van der Waals surface area contributed by atoms with Crippen LogP contribution in [0.1, 0.15) is 328 Å². The van der Waals surface area contributed by atoms with E-state index < -0.39 is 12.1 Å². The lowest BCUT2D eigenvalue weighted by molar-refractivity contribution is -0.143. The molecule has 426 valence electrons. The Labute approximate surface area is 454 Å². The fourth-order valence-electron chi connectivity index (χ4n) is 9.58. The maximum absolute atomic E-state index is 12.4. The van der Waals surface area contributed by atoms with Crippen molar-refractivity contribution in [1.82, 2.24) is 5.32 Å². The van der Waals surface area contributed by atoms with Gasteiger partial charge in [-0.05, 0) is 96.3 Å². The maximum Gasteiger partial charge on any atom is 0.305 e. The van der Waals surface area contributed by atoms with Crippen LogP contribution in [-0.2, 0) is 14.3 Å². The number of carbonyl (C=O) groups excluding carboxylic acids is 2. The highest BCUT2D eigenvalue weighted by Crippen LogP contribution is 2.16. The number of carbonyl (C=O) groups is 2. The third-order valence-corrected chi connectivity index (χ3v) is 14.5. The molecule has 1 amide bonds. The number of amides is 1. The Morgan fingerprint density at radius 2 is 0.685 bits per heavy atom. The van der Waals surface area contributed by atoms with Gasteiger partial charge in [0.1, 0.15) is 0 Å². The summed E-state index contributed by atoms with van der Waals surface area (Å²) < 4.78 is 5.48. The molecule has 0 aliphatic rings. The van der Waals surface area contributed by atoms with Crippen LogP contribution in [0.2, 0.25) is 0 Å². The van der Waals surface area contributed by atoms with Gasteiger partial charge in [-0.2, -0.15) is 0 Å². The molecule has 0 aromatic rings. The smallest absolute Gasteiger partial charge is 0.305 e. The number of ether oxygens (including phenoxy) is 1. The first-order chi connectivity index (χ1) is 36.0. The number of unbranched alkanes of at least 4 members (excludes halogenated alkanes) is 40. The summed E-state index contributed by atoms with van der Waals surface area (Å²) in [5, 5.41) is 23.0. The molecule has 0 rings (SSSR count). The topological polar surface area (TPSA) is 95.9 Å². The minimum absolute atomic E-state index is 0.00176. The molecule has 0 saturated heterocycles. The quantitative estimate of drug-likeness (QED) is 0.0320. The van der Waals surface area contributed by atoms with E-state index in [1.165, 1.54) is 244 Å². The van der Waals surface area contributed by atoms with Crippen LogP contribution in [-0.4, -0.2) is 47.4 Å². The van der Waals surface area contributed by atoms with Crippen LogP contribution in [0, 0.1) is 0 Å². The second-order valence-corrected chi connectivity index (χ2v) is 21.7. The van der Waals surface area contributed by atoms with E-state index in [0.717, 1.165) is 57.8 Å². The average Bonchev–Trinajstić information content (AvgIpc) is 3.39. The highest BCUT2D eigenvalue weighted by molar-refractivity contribution is 5.76. The first-order valence-corrected chi connectivity index (χ1v) is 32.1. The molecular formula is C67H123NO5. The number of aliphatic hydroxyl groups excluding tert-OH is 2. The second-order valence-electron chi connectivity index (χ2n) is 21.7. The standard InChI is InChI=1S/C67H123NO5/c1-3-5-7-9-11-13-15-16-34-38-41-45-49-53-57-61-67(72)73-62-58-54-50-46-42-39-36-33-31-29-27-25-23-21-19-17-18-20-22-24-26-28-30-32-35-37-40-44-48-52-56-60-66(71)68-64(63-69)65(70)59-55-51-47-43-14-12-10-8-6-4-2/h11,13,16,19,21,25,27,34,55,59,64-65,69-70H,3-10,12,14-15,17-18,20,22-24,26,28-33,35-54,56-58,60-63H2,1-2H3,(H,68,71)/b13-11-,21-19-,27-25-,34-16-,59-55+. The third-order valence-electron chi connectivity index (χ3n) is 14.5. The Hall–Kier alpha value is -2.44.